The molecule has 1 N–H and O–H groups in total. The summed E-state index contributed by atoms with van der Waals surface area (Å²) in [5, 5.41) is 3.31. The molecule has 1 fully saturated rings. The number of nitrogens with zero attached hydrogens (tertiary/aromatic N) is 2. The number of aliphatic imine (C=N–C) groups is 1. The Hall–Kier alpha value is -1.86. The normalized spacial score (nSPS) is 18.2. The average molecular weight is 365 g/mol. The van der Waals surface area contributed by atoms with E-state index in [1.165, 1.54) is 12.1 Å². The van der Waals surface area contributed by atoms with Crippen molar-refractivity contribution in [3.05, 3.63) is 29.1 Å². The molecule has 0 amide bonds. The first-order valence-electron chi connectivity index (χ1n) is 9.18. The third-order valence-corrected chi connectivity index (χ3v) is 4.98. The molecule has 144 valence electrons. The van der Waals surface area contributed by atoms with Gasteiger partial charge in [0.05, 0.1) is 6.61 Å². The van der Waals surface area contributed by atoms with Crippen molar-refractivity contribution in [2.24, 2.45) is 10.9 Å². The maximum atomic E-state index is 13.9. The van der Waals surface area contributed by atoms with Crippen LogP contribution in [0.15, 0.2) is 17.1 Å². The van der Waals surface area contributed by atoms with Crippen molar-refractivity contribution < 1.29 is 18.6 Å². The van der Waals surface area contributed by atoms with Crippen molar-refractivity contribution in [3.63, 3.8) is 0 Å². The number of benzene rings is 1. The largest absolute Gasteiger partial charge is 0.467 e. The van der Waals surface area contributed by atoms with Crippen LogP contribution in [0, 0.1) is 11.7 Å². The van der Waals surface area contributed by atoms with E-state index in [9.17, 15) is 4.39 Å². The number of nitrogens with one attached hydrogen (secondary N) is 1. The van der Waals surface area contributed by atoms with Gasteiger partial charge in [-0.3, -0.25) is 4.99 Å². The summed E-state index contributed by atoms with van der Waals surface area (Å²) in [4.78, 5) is 6.47. The molecule has 1 aromatic carbocycles. The second-order valence-electron chi connectivity index (χ2n) is 6.83. The molecule has 2 aliphatic rings. The molecule has 0 saturated carbocycles. The monoisotopic (exact) mass is 365 g/mol. The Morgan fingerprint density at radius 2 is 2.12 bits per heavy atom. The molecule has 6 nitrogen and oxygen atoms in total. The van der Waals surface area contributed by atoms with Gasteiger partial charge in [0.15, 0.2) is 12.8 Å². The van der Waals surface area contributed by atoms with Gasteiger partial charge in [0.25, 0.3) is 0 Å². The van der Waals surface area contributed by atoms with E-state index in [-0.39, 0.29) is 12.6 Å². The predicted octanol–water partition coefficient (Wildman–Crippen LogP) is 2.52. The average Bonchev–Trinajstić information content (AvgIpc) is 2.67. The third kappa shape index (κ3) is 4.86. The van der Waals surface area contributed by atoms with Crippen molar-refractivity contribution in [1.29, 1.82) is 0 Å². The summed E-state index contributed by atoms with van der Waals surface area (Å²) in [5.41, 5.74) is 1.53. The summed E-state index contributed by atoms with van der Waals surface area (Å²) in [6.07, 6.45) is 3.39. The van der Waals surface area contributed by atoms with Gasteiger partial charge in [-0.15, -0.1) is 0 Å². The van der Waals surface area contributed by atoms with E-state index in [0.29, 0.717) is 24.8 Å². The van der Waals surface area contributed by atoms with Crippen LogP contribution in [-0.2, 0) is 22.6 Å². The first kappa shape index (κ1) is 18.9. The van der Waals surface area contributed by atoms with Gasteiger partial charge in [-0.2, -0.15) is 0 Å². The van der Waals surface area contributed by atoms with E-state index in [1.807, 2.05) is 7.05 Å². The molecule has 2 aliphatic heterocycles. The number of hydrogen-bond donors (Lipinski definition) is 1. The summed E-state index contributed by atoms with van der Waals surface area (Å²) in [6, 6.07) is 2.97. The van der Waals surface area contributed by atoms with Gasteiger partial charge in [0.1, 0.15) is 11.6 Å². The van der Waals surface area contributed by atoms with Crippen molar-refractivity contribution in [2.75, 3.05) is 40.6 Å². The van der Waals surface area contributed by atoms with Gasteiger partial charge in [0.2, 0.25) is 0 Å². The van der Waals surface area contributed by atoms with Crippen LogP contribution in [0.5, 0.6) is 5.75 Å². The maximum Gasteiger partial charge on any atom is 0.193 e. The SMILES string of the molecule is CN=C(NCc1cc(F)cc2c1OCOC2)N(C)CCC1CCOCC1. The molecule has 1 saturated heterocycles. The fourth-order valence-electron chi connectivity index (χ4n) is 3.46. The van der Waals surface area contributed by atoms with Gasteiger partial charge in [-0.1, -0.05) is 0 Å². The van der Waals surface area contributed by atoms with Crippen molar-refractivity contribution in [2.45, 2.75) is 32.4 Å². The van der Waals surface area contributed by atoms with Crippen LogP contribution in [0.3, 0.4) is 0 Å². The highest BCUT2D eigenvalue weighted by atomic mass is 19.1. The molecular formula is C19H28FN3O3. The first-order chi connectivity index (χ1) is 12.7. The molecule has 1 aromatic rings. The van der Waals surface area contributed by atoms with Gasteiger partial charge in [0, 0.05) is 51.5 Å². The lowest BCUT2D eigenvalue weighted by atomic mass is 9.96. The molecule has 0 aliphatic carbocycles. The lowest BCUT2D eigenvalue weighted by Crippen LogP contribution is -2.39. The van der Waals surface area contributed by atoms with E-state index in [4.69, 9.17) is 14.2 Å². The van der Waals surface area contributed by atoms with E-state index in [0.717, 1.165) is 56.1 Å². The van der Waals surface area contributed by atoms with Crippen LogP contribution >= 0.6 is 0 Å². The molecule has 0 spiro atoms. The summed E-state index contributed by atoms with van der Waals surface area (Å²) in [6.45, 7) is 3.70. The minimum absolute atomic E-state index is 0.200. The van der Waals surface area contributed by atoms with Crippen molar-refractivity contribution in [3.8, 4) is 5.75 Å². The summed E-state index contributed by atoms with van der Waals surface area (Å²) in [7, 11) is 3.79. The predicted molar refractivity (Wildman–Crippen MR) is 97.7 cm³/mol. The summed E-state index contributed by atoms with van der Waals surface area (Å²) < 4.78 is 30.1. The van der Waals surface area contributed by atoms with Gasteiger partial charge in [-0.05, 0) is 37.3 Å². The van der Waals surface area contributed by atoms with Crippen LogP contribution in [0.1, 0.15) is 30.4 Å². The quantitative estimate of drug-likeness (QED) is 0.642. The molecule has 0 unspecified atom stereocenters. The first-order valence-corrected chi connectivity index (χ1v) is 9.18. The lowest BCUT2D eigenvalue weighted by Gasteiger charge is -2.27. The Bertz CT molecular complexity index is 633. The zero-order chi connectivity index (χ0) is 18.4. The highest BCUT2D eigenvalue weighted by Gasteiger charge is 2.18. The van der Waals surface area contributed by atoms with Crippen molar-refractivity contribution >= 4 is 5.96 Å². The minimum Gasteiger partial charge on any atom is -0.467 e. The zero-order valence-corrected chi connectivity index (χ0v) is 15.6. The highest BCUT2D eigenvalue weighted by Crippen LogP contribution is 2.29. The molecule has 0 atom stereocenters. The number of guanidine groups is 1. The molecule has 2 heterocycles. The third-order valence-electron chi connectivity index (χ3n) is 4.98. The van der Waals surface area contributed by atoms with Crippen LogP contribution < -0.4 is 10.1 Å². The standard InChI is InChI=1S/C19H28FN3O3/c1-21-19(23(2)6-3-14-4-7-24-8-5-14)22-11-15-9-17(20)10-16-12-25-13-26-18(15)16/h9-10,14H,3-8,11-13H2,1-2H3,(H,21,22). The molecule has 0 bridgehead atoms. The van der Waals surface area contributed by atoms with Crippen LogP contribution in [0.25, 0.3) is 0 Å². The number of halogens is 1. The Morgan fingerprint density at radius 3 is 2.88 bits per heavy atom. The Balaban J connectivity index is 1.56. The smallest absolute Gasteiger partial charge is 0.193 e. The maximum absolute atomic E-state index is 13.9. The second-order valence-corrected chi connectivity index (χ2v) is 6.83. The number of ether oxygens (including phenoxy) is 3. The minimum atomic E-state index is -0.280. The number of rotatable bonds is 5. The van der Waals surface area contributed by atoms with Gasteiger partial charge >= 0.3 is 0 Å². The van der Waals surface area contributed by atoms with Crippen LogP contribution in [-0.4, -0.2) is 51.5 Å². The molecule has 0 aromatic heterocycles. The molecule has 0 radical (unpaired) electrons. The van der Waals surface area contributed by atoms with Crippen LogP contribution in [0.2, 0.25) is 0 Å². The van der Waals surface area contributed by atoms with E-state index in [1.54, 1.807) is 7.05 Å². The Morgan fingerprint density at radius 1 is 1.31 bits per heavy atom. The molecule has 7 heteroatoms. The van der Waals surface area contributed by atoms with E-state index >= 15 is 0 Å². The topological polar surface area (TPSA) is 55.3 Å². The fourth-order valence-corrected chi connectivity index (χ4v) is 3.46. The zero-order valence-electron chi connectivity index (χ0n) is 15.6. The fraction of sp³-hybridized carbons (Fsp3) is 0.632. The van der Waals surface area contributed by atoms with Crippen molar-refractivity contribution in [1.82, 2.24) is 10.2 Å². The Labute approximate surface area is 154 Å². The summed E-state index contributed by atoms with van der Waals surface area (Å²) >= 11 is 0. The second kappa shape index (κ2) is 9.19. The molecule has 3 rings (SSSR count). The summed E-state index contributed by atoms with van der Waals surface area (Å²) in [5.74, 6) is 1.94. The van der Waals surface area contributed by atoms with Gasteiger partial charge in [-0.25, -0.2) is 4.39 Å². The lowest BCUT2D eigenvalue weighted by molar-refractivity contribution is -0.0173. The van der Waals surface area contributed by atoms with Crippen LogP contribution in [0.4, 0.5) is 4.39 Å². The number of fused-ring (bicyclic) bond motifs is 1. The number of hydrogen-bond acceptors (Lipinski definition) is 4. The Kier molecular flexibility index (Phi) is 6.68. The van der Waals surface area contributed by atoms with E-state index < -0.39 is 0 Å². The van der Waals surface area contributed by atoms with E-state index in [2.05, 4.69) is 15.2 Å². The molecular weight excluding hydrogens is 337 g/mol. The molecule has 26 heavy (non-hydrogen) atoms. The highest BCUT2D eigenvalue weighted by molar-refractivity contribution is 5.79. The van der Waals surface area contributed by atoms with Gasteiger partial charge < -0.3 is 24.4 Å².